The van der Waals surface area contributed by atoms with E-state index in [-0.39, 0.29) is 11.4 Å². The van der Waals surface area contributed by atoms with Crippen LogP contribution in [0.3, 0.4) is 0 Å². The molecule has 0 bridgehead atoms. The third-order valence-electron chi connectivity index (χ3n) is 3.68. The zero-order valence-corrected chi connectivity index (χ0v) is 13.2. The van der Waals surface area contributed by atoms with E-state index in [1.165, 1.54) is 12.8 Å². The molecule has 1 aromatic heterocycles. The average Bonchev–Trinajstić information content (AvgIpc) is 3.10. The van der Waals surface area contributed by atoms with Gasteiger partial charge in [0.15, 0.2) is 0 Å². The van der Waals surface area contributed by atoms with Gasteiger partial charge in [-0.1, -0.05) is 0 Å². The Hall–Kier alpha value is -1.36. The lowest BCUT2D eigenvalue weighted by molar-refractivity contribution is 0.0943. The van der Waals surface area contributed by atoms with Gasteiger partial charge in [0.2, 0.25) is 0 Å². The SMILES string of the molecule is Cc1cc(C(=O)NCCN(C)C2CC2)nn1C(C)(C)C. The average molecular weight is 278 g/mol. The van der Waals surface area contributed by atoms with Crippen molar-refractivity contribution in [2.75, 3.05) is 20.1 Å². The van der Waals surface area contributed by atoms with Crippen LogP contribution in [0.4, 0.5) is 0 Å². The number of carbonyl (C=O) groups is 1. The molecule has 2 rings (SSSR count). The molecule has 5 heteroatoms. The van der Waals surface area contributed by atoms with E-state index in [1.54, 1.807) is 0 Å². The van der Waals surface area contributed by atoms with Crippen molar-refractivity contribution in [3.63, 3.8) is 0 Å². The highest BCUT2D eigenvalue weighted by atomic mass is 16.1. The van der Waals surface area contributed by atoms with Gasteiger partial charge in [0, 0.05) is 24.8 Å². The van der Waals surface area contributed by atoms with Crippen LogP contribution >= 0.6 is 0 Å². The molecule has 0 aliphatic heterocycles. The molecule has 1 amide bonds. The van der Waals surface area contributed by atoms with E-state index < -0.39 is 0 Å². The zero-order valence-electron chi connectivity index (χ0n) is 13.2. The second-order valence-corrected chi connectivity index (χ2v) is 6.72. The lowest BCUT2D eigenvalue weighted by atomic mass is 10.1. The summed E-state index contributed by atoms with van der Waals surface area (Å²) in [4.78, 5) is 14.4. The van der Waals surface area contributed by atoms with E-state index in [1.807, 2.05) is 17.7 Å². The fourth-order valence-corrected chi connectivity index (χ4v) is 2.40. The highest BCUT2D eigenvalue weighted by Crippen LogP contribution is 2.24. The fraction of sp³-hybridized carbons (Fsp3) is 0.733. The first-order valence-corrected chi connectivity index (χ1v) is 7.34. The number of nitrogens with zero attached hydrogens (tertiary/aromatic N) is 3. The van der Waals surface area contributed by atoms with Crippen molar-refractivity contribution in [2.24, 2.45) is 0 Å². The highest BCUT2D eigenvalue weighted by molar-refractivity contribution is 5.92. The molecule has 1 N–H and O–H groups in total. The lowest BCUT2D eigenvalue weighted by Crippen LogP contribution is -2.34. The van der Waals surface area contributed by atoms with Gasteiger partial charge in [0.1, 0.15) is 5.69 Å². The molecule has 0 spiro atoms. The molecule has 5 nitrogen and oxygen atoms in total. The standard InChI is InChI=1S/C15H26N4O/c1-11-10-13(17-19(11)15(2,3)4)14(20)16-8-9-18(5)12-6-7-12/h10,12H,6-9H2,1-5H3,(H,16,20). The Morgan fingerprint density at radius 1 is 1.50 bits per heavy atom. The van der Waals surface area contributed by atoms with E-state index in [4.69, 9.17) is 0 Å². The van der Waals surface area contributed by atoms with Crippen molar-refractivity contribution in [3.8, 4) is 0 Å². The molecule has 1 fully saturated rings. The summed E-state index contributed by atoms with van der Waals surface area (Å²) in [5.41, 5.74) is 1.42. The number of carbonyl (C=O) groups excluding carboxylic acids is 1. The van der Waals surface area contributed by atoms with Crippen molar-refractivity contribution in [2.45, 2.75) is 52.1 Å². The topological polar surface area (TPSA) is 50.2 Å². The minimum atomic E-state index is -0.102. The van der Waals surface area contributed by atoms with E-state index in [9.17, 15) is 4.79 Å². The summed E-state index contributed by atoms with van der Waals surface area (Å²) in [7, 11) is 2.11. The Kier molecular flexibility index (Phi) is 4.18. The molecular weight excluding hydrogens is 252 g/mol. The summed E-state index contributed by atoms with van der Waals surface area (Å²) in [6, 6.07) is 2.58. The van der Waals surface area contributed by atoms with Gasteiger partial charge in [-0.15, -0.1) is 0 Å². The lowest BCUT2D eigenvalue weighted by Gasteiger charge is -2.21. The van der Waals surface area contributed by atoms with Gasteiger partial charge in [-0.05, 0) is 53.7 Å². The Balaban J connectivity index is 1.89. The second-order valence-electron chi connectivity index (χ2n) is 6.72. The normalized spacial score (nSPS) is 15.7. The number of likely N-dealkylation sites (N-methyl/N-ethyl adjacent to an activating group) is 1. The van der Waals surface area contributed by atoms with Gasteiger partial charge in [0.25, 0.3) is 5.91 Å². The van der Waals surface area contributed by atoms with Crippen molar-refractivity contribution in [1.82, 2.24) is 20.0 Å². The number of amides is 1. The van der Waals surface area contributed by atoms with Gasteiger partial charge in [-0.25, -0.2) is 0 Å². The first-order valence-electron chi connectivity index (χ1n) is 7.34. The third-order valence-corrected chi connectivity index (χ3v) is 3.68. The molecule has 0 saturated heterocycles. The minimum Gasteiger partial charge on any atom is -0.349 e. The van der Waals surface area contributed by atoms with Crippen LogP contribution in [0.25, 0.3) is 0 Å². The summed E-state index contributed by atoms with van der Waals surface area (Å²) < 4.78 is 1.90. The molecule has 112 valence electrons. The fourth-order valence-electron chi connectivity index (χ4n) is 2.40. The van der Waals surface area contributed by atoms with E-state index in [0.717, 1.165) is 18.3 Å². The Morgan fingerprint density at radius 2 is 2.15 bits per heavy atom. The largest absolute Gasteiger partial charge is 0.349 e. The number of rotatable bonds is 5. The van der Waals surface area contributed by atoms with E-state index in [2.05, 4.69) is 43.1 Å². The van der Waals surface area contributed by atoms with Crippen molar-refractivity contribution >= 4 is 5.91 Å². The molecule has 1 aromatic rings. The quantitative estimate of drug-likeness (QED) is 0.893. The van der Waals surface area contributed by atoms with Crippen LogP contribution in [-0.2, 0) is 5.54 Å². The van der Waals surface area contributed by atoms with Gasteiger partial charge < -0.3 is 10.2 Å². The maximum absolute atomic E-state index is 12.1. The summed E-state index contributed by atoms with van der Waals surface area (Å²) in [6.45, 7) is 9.80. The van der Waals surface area contributed by atoms with Gasteiger partial charge >= 0.3 is 0 Å². The summed E-state index contributed by atoms with van der Waals surface area (Å²) in [6.07, 6.45) is 2.58. The number of aryl methyl sites for hydroxylation is 1. The van der Waals surface area contributed by atoms with Crippen LogP contribution in [0.1, 0.15) is 49.8 Å². The van der Waals surface area contributed by atoms with Crippen molar-refractivity contribution in [1.29, 1.82) is 0 Å². The number of aromatic nitrogens is 2. The second kappa shape index (κ2) is 5.56. The summed E-state index contributed by atoms with van der Waals surface area (Å²) in [5.74, 6) is -0.0831. The van der Waals surface area contributed by atoms with Crippen LogP contribution in [0.2, 0.25) is 0 Å². The zero-order chi connectivity index (χ0) is 14.9. The van der Waals surface area contributed by atoms with Crippen molar-refractivity contribution < 1.29 is 4.79 Å². The van der Waals surface area contributed by atoms with Crippen LogP contribution in [0, 0.1) is 6.92 Å². The molecule has 0 radical (unpaired) electrons. The third kappa shape index (κ3) is 3.60. The first kappa shape index (κ1) is 15.0. The molecule has 0 aromatic carbocycles. The maximum atomic E-state index is 12.1. The molecule has 1 saturated carbocycles. The van der Waals surface area contributed by atoms with E-state index >= 15 is 0 Å². The molecular formula is C15H26N4O. The molecule has 1 aliphatic rings. The predicted octanol–water partition coefficient (Wildman–Crippen LogP) is 1.77. The minimum absolute atomic E-state index is 0.0831. The Labute approximate surface area is 121 Å². The van der Waals surface area contributed by atoms with Crippen LogP contribution < -0.4 is 5.32 Å². The number of hydrogen-bond donors (Lipinski definition) is 1. The summed E-state index contributed by atoms with van der Waals surface area (Å²) >= 11 is 0. The molecule has 0 atom stereocenters. The first-order chi connectivity index (χ1) is 9.29. The predicted molar refractivity (Wildman–Crippen MR) is 79.9 cm³/mol. The summed E-state index contributed by atoms with van der Waals surface area (Å²) in [5, 5.41) is 7.37. The Bertz CT molecular complexity index is 483. The Morgan fingerprint density at radius 3 is 2.65 bits per heavy atom. The molecule has 0 unspecified atom stereocenters. The smallest absolute Gasteiger partial charge is 0.271 e. The van der Waals surface area contributed by atoms with Gasteiger partial charge in [-0.2, -0.15) is 5.10 Å². The van der Waals surface area contributed by atoms with Crippen molar-refractivity contribution in [3.05, 3.63) is 17.5 Å². The molecule has 1 aliphatic carbocycles. The van der Waals surface area contributed by atoms with E-state index in [0.29, 0.717) is 12.2 Å². The highest BCUT2D eigenvalue weighted by Gasteiger charge is 2.25. The van der Waals surface area contributed by atoms with Gasteiger partial charge in [0.05, 0.1) is 5.54 Å². The maximum Gasteiger partial charge on any atom is 0.271 e. The van der Waals surface area contributed by atoms with Crippen LogP contribution in [-0.4, -0.2) is 46.8 Å². The van der Waals surface area contributed by atoms with Gasteiger partial charge in [-0.3, -0.25) is 9.48 Å². The van der Waals surface area contributed by atoms with Crippen LogP contribution in [0.5, 0.6) is 0 Å². The monoisotopic (exact) mass is 278 g/mol. The van der Waals surface area contributed by atoms with Crippen LogP contribution in [0.15, 0.2) is 6.07 Å². The number of nitrogens with one attached hydrogen (secondary N) is 1. The molecule has 20 heavy (non-hydrogen) atoms. The number of hydrogen-bond acceptors (Lipinski definition) is 3. The molecule has 1 heterocycles.